The number of aromatic nitrogens is 2. The minimum Gasteiger partial charge on any atom is -0.310 e. The Morgan fingerprint density at radius 2 is 2.25 bits per heavy atom. The average Bonchev–Trinajstić information content (AvgIpc) is 2.42. The Labute approximate surface area is 127 Å². The lowest BCUT2D eigenvalue weighted by molar-refractivity contribution is 0.625. The molecule has 6 heteroatoms. The molecule has 0 aliphatic heterocycles. The first kappa shape index (κ1) is 15.4. The van der Waals surface area contributed by atoms with Gasteiger partial charge in [0.25, 0.3) is 5.56 Å². The number of H-pyrrole nitrogens is 1. The van der Waals surface area contributed by atoms with E-state index in [1.807, 2.05) is 11.8 Å². The van der Waals surface area contributed by atoms with Crippen molar-refractivity contribution in [2.45, 2.75) is 19.4 Å². The Morgan fingerprint density at radius 3 is 3.05 bits per heavy atom. The highest BCUT2D eigenvalue weighted by Gasteiger charge is 2.04. The summed E-state index contributed by atoms with van der Waals surface area (Å²) < 4.78 is 0. The third-order valence-corrected chi connectivity index (χ3v) is 3.89. The molecule has 2 N–H and O–H groups in total. The maximum absolute atomic E-state index is 11.9. The molecule has 0 fully saturated rings. The van der Waals surface area contributed by atoms with Crippen LogP contribution in [0.5, 0.6) is 0 Å². The molecule has 1 aromatic carbocycles. The molecule has 0 radical (unpaired) electrons. The molecule has 0 amide bonds. The van der Waals surface area contributed by atoms with E-state index < -0.39 is 0 Å². The maximum atomic E-state index is 11.9. The summed E-state index contributed by atoms with van der Waals surface area (Å²) >= 11 is 7.79. The van der Waals surface area contributed by atoms with Crippen LogP contribution < -0.4 is 10.9 Å². The molecule has 0 bridgehead atoms. The molecule has 108 valence electrons. The fourth-order valence-electron chi connectivity index (χ4n) is 1.95. The number of rotatable bonds is 7. The summed E-state index contributed by atoms with van der Waals surface area (Å²) in [5.41, 5.74) is 0.520. The second-order valence-corrected chi connectivity index (χ2v) is 5.97. The van der Waals surface area contributed by atoms with Crippen molar-refractivity contribution in [1.29, 1.82) is 0 Å². The highest BCUT2D eigenvalue weighted by atomic mass is 35.5. The number of aromatic amines is 1. The van der Waals surface area contributed by atoms with Crippen LogP contribution >= 0.6 is 23.4 Å². The standard InChI is InChI=1S/C14H18ClN3OS/c1-20-7-3-2-6-16-9-13-17-12-8-10(15)4-5-11(12)14(19)18-13/h4-5,8,16H,2-3,6-7,9H2,1H3,(H,17,18,19). The summed E-state index contributed by atoms with van der Waals surface area (Å²) in [6, 6.07) is 5.11. The van der Waals surface area contributed by atoms with Crippen molar-refractivity contribution in [3.63, 3.8) is 0 Å². The molecule has 2 rings (SSSR count). The van der Waals surface area contributed by atoms with Crippen LogP contribution in [0.15, 0.2) is 23.0 Å². The van der Waals surface area contributed by atoms with Crippen molar-refractivity contribution >= 4 is 34.3 Å². The highest BCUT2D eigenvalue weighted by Crippen LogP contribution is 2.14. The first-order valence-electron chi connectivity index (χ1n) is 6.59. The van der Waals surface area contributed by atoms with Crippen molar-refractivity contribution in [2.24, 2.45) is 0 Å². The third-order valence-electron chi connectivity index (χ3n) is 2.96. The Kier molecular flexibility index (Phi) is 5.88. The van der Waals surface area contributed by atoms with Gasteiger partial charge in [-0.05, 0) is 49.6 Å². The number of unbranched alkanes of at least 4 members (excludes halogenated alkanes) is 1. The van der Waals surface area contributed by atoms with Gasteiger partial charge in [-0.2, -0.15) is 11.8 Å². The number of halogens is 1. The number of nitrogens with zero attached hydrogens (tertiary/aromatic N) is 1. The van der Waals surface area contributed by atoms with Gasteiger partial charge in [-0.25, -0.2) is 4.98 Å². The number of fused-ring (bicyclic) bond motifs is 1. The predicted octanol–water partition coefficient (Wildman–Crippen LogP) is 2.81. The summed E-state index contributed by atoms with van der Waals surface area (Å²) in [5.74, 6) is 1.83. The van der Waals surface area contributed by atoms with E-state index in [1.165, 1.54) is 12.2 Å². The molecule has 0 saturated heterocycles. The molecule has 0 spiro atoms. The largest absolute Gasteiger partial charge is 0.310 e. The smallest absolute Gasteiger partial charge is 0.258 e. The van der Waals surface area contributed by atoms with Crippen LogP contribution in [0.4, 0.5) is 0 Å². The molecular formula is C14H18ClN3OS. The summed E-state index contributed by atoms with van der Waals surface area (Å²) in [5, 5.41) is 4.45. The van der Waals surface area contributed by atoms with Gasteiger partial charge in [0, 0.05) is 5.02 Å². The molecule has 4 nitrogen and oxygen atoms in total. The summed E-state index contributed by atoms with van der Waals surface area (Å²) in [4.78, 5) is 19.1. The maximum Gasteiger partial charge on any atom is 0.258 e. The van der Waals surface area contributed by atoms with Gasteiger partial charge >= 0.3 is 0 Å². The predicted molar refractivity (Wildman–Crippen MR) is 86.7 cm³/mol. The second kappa shape index (κ2) is 7.67. The van der Waals surface area contributed by atoms with Gasteiger partial charge in [0.05, 0.1) is 17.4 Å². The van der Waals surface area contributed by atoms with Gasteiger partial charge < -0.3 is 10.3 Å². The van der Waals surface area contributed by atoms with Gasteiger partial charge in [0.2, 0.25) is 0 Å². The molecule has 20 heavy (non-hydrogen) atoms. The lowest BCUT2D eigenvalue weighted by Gasteiger charge is -2.05. The van der Waals surface area contributed by atoms with E-state index in [4.69, 9.17) is 11.6 Å². The van der Waals surface area contributed by atoms with Crippen LogP contribution in [0, 0.1) is 0 Å². The lowest BCUT2D eigenvalue weighted by atomic mass is 10.2. The Hall–Kier alpha value is -1.04. The number of hydrogen-bond acceptors (Lipinski definition) is 4. The Morgan fingerprint density at radius 1 is 1.40 bits per heavy atom. The zero-order chi connectivity index (χ0) is 14.4. The second-order valence-electron chi connectivity index (χ2n) is 4.55. The molecule has 0 aliphatic rings. The van der Waals surface area contributed by atoms with Crippen molar-refractivity contribution in [3.05, 3.63) is 39.4 Å². The average molecular weight is 312 g/mol. The molecule has 0 saturated carbocycles. The highest BCUT2D eigenvalue weighted by molar-refractivity contribution is 7.98. The van der Waals surface area contributed by atoms with Gasteiger partial charge in [0.1, 0.15) is 5.82 Å². The zero-order valence-corrected chi connectivity index (χ0v) is 13.0. The first-order valence-corrected chi connectivity index (χ1v) is 8.36. The molecule has 2 aromatic rings. The van der Waals surface area contributed by atoms with E-state index in [1.54, 1.807) is 18.2 Å². The van der Waals surface area contributed by atoms with Crippen LogP contribution in [0.3, 0.4) is 0 Å². The topological polar surface area (TPSA) is 57.8 Å². The molecule has 1 aromatic heterocycles. The Bertz CT molecular complexity index is 629. The Balaban J connectivity index is 1.98. The monoisotopic (exact) mass is 311 g/mol. The van der Waals surface area contributed by atoms with E-state index in [0.29, 0.717) is 28.3 Å². The van der Waals surface area contributed by atoms with Crippen LogP contribution in [0.2, 0.25) is 5.02 Å². The van der Waals surface area contributed by atoms with Crippen molar-refractivity contribution in [3.8, 4) is 0 Å². The first-order chi connectivity index (χ1) is 9.70. The van der Waals surface area contributed by atoms with Crippen LogP contribution in [-0.4, -0.2) is 28.5 Å². The number of nitrogens with one attached hydrogen (secondary N) is 2. The molecule has 0 aliphatic carbocycles. The third kappa shape index (κ3) is 4.23. The van der Waals surface area contributed by atoms with Crippen LogP contribution in [-0.2, 0) is 6.54 Å². The summed E-state index contributed by atoms with van der Waals surface area (Å²) in [6.45, 7) is 1.49. The van der Waals surface area contributed by atoms with Crippen molar-refractivity contribution in [1.82, 2.24) is 15.3 Å². The fourth-order valence-corrected chi connectivity index (χ4v) is 2.61. The molecular weight excluding hydrogens is 294 g/mol. The summed E-state index contributed by atoms with van der Waals surface area (Å²) in [7, 11) is 0. The van der Waals surface area contributed by atoms with E-state index in [0.717, 1.165) is 13.0 Å². The minimum atomic E-state index is -0.120. The normalized spacial score (nSPS) is 11.1. The van der Waals surface area contributed by atoms with E-state index in [2.05, 4.69) is 21.5 Å². The van der Waals surface area contributed by atoms with Crippen molar-refractivity contribution < 1.29 is 0 Å². The summed E-state index contributed by atoms with van der Waals surface area (Å²) in [6.07, 6.45) is 4.44. The van der Waals surface area contributed by atoms with E-state index in [-0.39, 0.29) is 5.56 Å². The fraction of sp³-hybridized carbons (Fsp3) is 0.429. The van der Waals surface area contributed by atoms with Gasteiger partial charge in [-0.1, -0.05) is 11.6 Å². The number of thioether (sulfide) groups is 1. The van der Waals surface area contributed by atoms with Crippen LogP contribution in [0.1, 0.15) is 18.7 Å². The number of benzene rings is 1. The zero-order valence-electron chi connectivity index (χ0n) is 11.4. The van der Waals surface area contributed by atoms with E-state index >= 15 is 0 Å². The van der Waals surface area contributed by atoms with Gasteiger partial charge in [-0.15, -0.1) is 0 Å². The van der Waals surface area contributed by atoms with Crippen molar-refractivity contribution in [2.75, 3.05) is 18.6 Å². The van der Waals surface area contributed by atoms with Gasteiger partial charge in [-0.3, -0.25) is 4.79 Å². The van der Waals surface area contributed by atoms with Crippen LogP contribution in [0.25, 0.3) is 10.9 Å². The minimum absolute atomic E-state index is 0.120. The number of hydrogen-bond donors (Lipinski definition) is 2. The SMILES string of the molecule is CSCCCCNCc1nc2cc(Cl)ccc2c(=O)[nH]1. The molecule has 0 unspecified atom stereocenters. The molecule has 0 atom stereocenters. The quantitative estimate of drug-likeness (QED) is 0.772. The van der Waals surface area contributed by atoms with Gasteiger partial charge in [0.15, 0.2) is 0 Å². The lowest BCUT2D eigenvalue weighted by Crippen LogP contribution is -2.20. The van der Waals surface area contributed by atoms with E-state index in [9.17, 15) is 4.79 Å². The molecule has 1 heterocycles.